The van der Waals surface area contributed by atoms with Gasteiger partial charge < -0.3 is 19.9 Å². The van der Waals surface area contributed by atoms with Gasteiger partial charge in [0.05, 0.1) is 35.1 Å². The van der Waals surface area contributed by atoms with Gasteiger partial charge in [-0.1, -0.05) is 0 Å². The zero-order chi connectivity index (χ0) is 23.2. The number of amides is 2. The highest BCUT2D eigenvalue weighted by Crippen LogP contribution is 2.35. The van der Waals surface area contributed by atoms with Crippen LogP contribution in [0.4, 0.5) is 16.2 Å². The number of hydrogen-bond donors (Lipinski definition) is 2. The number of fused-ring (bicyclic) bond motifs is 1. The van der Waals surface area contributed by atoms with Crippen molar-refractivity contribution in [3.05, 3.63) is 58.5 Å². The second kappa shape index (κ2) is 8.44. The molecule has 0 unspecified atom stereocenters. The fourth-order valence-corrected chi connectivity index (χ4v) is 5.73. The van der Waals surface area contributed by atoms with Gasteiger partial charge in [0.2, 0.25) is 5.91 Å². The van der Waals surface area contributed by atoms with Crippen molar-refractivity contribution < 1.29 is 14.3 Å². The minimum Gasteiger partial charge on any atom is -0.444 e. The first-order valence-corrected chi connectivity index (χ1v) is 12.3. The van der Waals surface area contributed by atoms with Crippen LogP contribution in [0.1, 0.15) is 18.0 Å². The standard InChI is InChI=1S/C24H23N5O4S/c30-21-13-34-20-3-1-15(10-19(20)27-21)28-12-17(33-24(28)32)6-7-25-11-16-9-14-5-8-26-18-2-4-22(31)29(16)23(14)18/h1-5,8,10,16-17,25H,6-7,9,11-13H2,(H,27,30)/t16-,17-/m1/s1. The van der Waals surface area contributed by atoms with Crippen molar-refractivity contribution in [2.45, 2.75) is 29.9 Å². The number of rotatable bonds is 6. The van der Waals surface area contributed by atoms with E-state index >= 15 is 0 Å². The van der Waals surface area contributed by atoms with Crippen LogP contribution >= 0.6 is 11.8 Å². The molecule has 1 fully saturated rings. The lowest BCUT2D eigenvalue weighted by Gasteiger charge is -2.20. The molecular weight excluding hydrogens is 454 g/mol. The van der Waals surface area contributed by atoms with Crippen molar-refractivity contribution in [2.75, 3.05) is 35.6 Å². The molecule has 3 aliphatic heterocycles. The topological polar surface area (TPSA) is 106 Å². The minimum atomic E-state index is -0.378. The Hall–Kier alpha value is -3.37. The van der Waals surface area contributed by atoms with E-state index in [0.29, 0.717) is 37.5 Å². The number of nitrogens with zero attached hydrogens (tertiary/aromatic N) is 3. The zero-order valence-electron chi connectivity index (χ0n) is 18.3. The molecule has 3 aliphatic rings. The van der Waals surface area contributed by atoms with Crippen LogP contribution in [0.2, 0.25) is 0 Å². The molecule has 2 aromatic heterocycles. The Balaban J connectivity index is 1.05. The summed E-state index contributed by atoms with van der Waals surface area (Å²) in [5.74, 6) is 0.364. The summed E-state index contributed by atoms with van der Waals surface area (Å²) in [6.07, 6.45) is 2.65. The summed E-state index contributed by atoms with van der Waals surface area (Å²) >= 11 is 1.49. The van der Waals surface area contributed by atoms with Crippen molar-refractivity contribution in [3.8, 4) is 0 Å². The molecule has 0 bridgehead atoms. The van der Waals surface area contributed by atoms with Crippen LogP contribution in [0, 0.1) is 0 Å². The van der Waals surface area contributed by atoms with Gasteiger partial charge >= 0.3 is 6.09 Å². The predicted molar refractivity (Wildman–Crippen MR) is 130 cm³/mol. The van der Waals surface area contributed by atoms with E-state index in [0.717, 1.165) is 33.6 Å². The number of thioether (sulfide) groups is 1. The highest BCUT2D eigenvalue weighted by molar-refractivity contribution is 8.00. The van der Waals surface area contributed by atoms with Crippen molar-refractivity contribution >= 4 is 46.2 Å². The number of hydrogen-bond acceptors (Lipinski definition) is 7. The van der Waals surface area contributed by atoms with Crippen LogP contribution < -0.4 is 21.1 Å². The van der Waals surface area contributed by atoms with E-state index in [-0.39, 0.29) is 29.7 Å². The predicted octanol–water partition coefficient (Wildman–Crippen LogP) is 2.54. The molecule has 6 rings (SSSR count). The van der Waals surface area contributed by atoms with Crippen LogP contribution in [-0.4, -0.2) is 53.0 Å². The highest BCUT2D eigenvalue weighted by atomic mass is 32.2. The lowest BCUT2D eigenvalue weighted by atomic mass is 10.1. The molecule has 9 nitrogen and oxygen atoms in total. The van der Waals surface area contributed by atoms with Gasteiger partial charge in [-0.05, 0) is 55.3 Å². The third-order valence-corrected chi connectivity index (χ3v) is 7.60. The summed E-state index contributed by atoms with van der Waals surface area (Å²) < 4.78 is 7.42. The lowest BCUT2D eigenvalue weighted by molar-refractivity contribution is -0.113. The van der Waals surface area contributed by atoms with Gasteiger partial charge in [-0.15, -0.1) is 11.8 Å². The molecule has 2 N–H and O–H groups in total. The maximum atomic E-state index is 12.5. The first-order chi connectivity index (χ1) is 16.6. The molecule has 174 valence electrons. The van der Waals surface area contributed by atoms with Crippen molar-refractivity contribution in [3.63, 3.8) is 0 Å². The van der Waals surface area contributed by atoms with Gasteiger partial charge in [0.25, 0.3) is 5.56 Å². The normalized spacial score (nSPS) is 21.0. The summed E-state index contributed by atoms with van der Waals surface area (Å²) in [7, 11) is 0. The number of nitrogens with one attached hydrogen (secondary N) is 2. The molecule has 2 amide bonds. The second-order valence-electron chi connectivity index (χ2n) is 8.73. The second-order valence-corrected chi connectivity index (χ2v) is 9.75. The van der Waals surface area contributed by atoms with Crippen LogP contribution in [0.5, 0.6) is 0 Å². The summed E-state index contributed by atoms with van der Waals surface area (Å²) in [4.78, 5) is 43.6. The smallest absolute Gasteiger partial charge is 0.414 e. The average molecular weight is 478 g/mol. The van der Waals surface area contributed by atoms with E-state index < -0.39 is 0 Å². The Morgan fingerprint density at radius 2 is 2.09 bits per heavy atom. The summed E-state index contributed by atoms with van der Waals surface area (Å²) in [6, 6.07) is 11.0. The molecule has 10 heteroatoms. The molecule has 0 radical (unpaired) electrons. The number of carbonyl (C=O) groups excluding carboxylic acids is 2. The summed E-state index contributed by atoms with van der Waals surface area (Å²) in [5, 5.41) is 6.29. The highest BCUT2D eigenvalue weighted by Gasteiger charge is 2.33. The Morgan fingerprint density at radius 1 is 1.18 bits per heavy atom. The van der Waals surface area contributed by atoms with Crippen LogP contribution in [0.3, 0.4) is 0 Å². The van der Waals surface area contributed by atoms with E-state index in [4.69, 9.17) is 4.74 Å². The van der Waals surface area contributed by atoms with Crippen LogP contribution in [-0.2, 0) is 16.0 Å². The Morgan fingerprint density at radius 3 is 3.00 bits per heavy atom. The van der Waals surface area contributed by atoms with E-state index in [2.05, 4.69) is 15.6 Å². The van der Waals surface area contributed by atoms with Crippen molar-refractivity contribution in [1.29, 1.82) is 0 Å². The SMILES string of the molecule is O=C1CSc2ccc(N3C[C@@H](CCNC[C@H]4Cc5ccnc6ccc(=O)n4c56)OC3=O)cc2N1. The maximum Gasteiger partial charge on any atom is 0.414 e. The van der Waals surface area contributed by atoms with E-state index in [9.17, 15) is 14.4 Å². The Bertz CT molecular complexity index is 1370. The summed E-state index contributed by atoms with van der Waals surface area (Å²) in [5.41, 5.74) is 4.36. The number of benzene rings is 1. The van der Waals surface area contributed by atoms with Crippen LogP contribution in [0.15, 0.2) is 52.3 Å². The third kappa shape index (κ3) is 3.72. The van der Waals surface area contributed by atoms with Gasteiger partial charge in [-0.25, -0.2) is 4.79 Å². The van der Waals surface area contributed by atoms with Crippen LogP contribution in [0.25, 0.3) is 11.0 Å². The maximum absolute atomic E-state index is 12.5. The zero-order valence-corrected chi connectivity index (χ0v) is 19.1. The van der Waals surface area contributed by atoms with Crippen molar-refractivity contribution in [2.24, 2.45) is 0 Å². The average Bonchev–Trinajstić information content (AvgIpc) is 3.40. The first kappa shape index (κ1) is 21.2. The molecule has 0 spiro atoms. The lowest BCUT2D eigenvalue weighted by Crippen LogP contribution is -2.32. The number of anilines is 2. The fraction of sp³-hybridized carbons (Fsp3) is 0.333. The third-order valence-electron chi connectivity index (χ3n) is 6.52. The number of cyclic esters (lactones) is 1. The molecule has 2 atom stereocenters. The fourth-order valence-electron chi connectivity index (χ4n) is 4.94. The van der Waals surface area contributed by atoms with Gasteiger partial charge in [0.1, 0.15) is 6.10 Å². The molecule has 5 heterocycles. The molecular formula is C24H23N5O4S. The monoisotopic (exact) mass is 477 g/mol. The molecule has 0 saturated carbocycles. The largest absolute Gasteiger partial charge is 0.444 e. The molecule has 1 saturated heterocycles. The number of aromatic nitrogens is 2. The van der Waals surface area contributed by atoms with Gasteiger partial charge in [-0.2, -0.15) is 0 Å². The first-order valence-electron chi connectivity index (χ1n) is 11.3. The quantitative estimate of drug-likeness (QED) is 0.526. The number of carbonyl (C=O) groups is 2. The van der Waals surface area contributed by atoms with E-state index in [1.807, 2.05) is 28.8 Å². The molecule has 0 aliphatic carbocycles. The summed E-state index contributed by atoms with van der Waals surface area (Å²) in [6.45, 7) is 1.78. The van der Waals surface area contributed by atoms with Crippen molar-refractivity contribution in [1.82, 2.24) is 14.9 Å². The number of ether oxygens (including phenoxy) is 1. The van der Waals surface area contributed by atoms with Gasteiger partial charge in [-0.3, -0.25) is 19.5 Å². The minimum absolute atomic E-state index is 0.00828. The molecule has 1 aromatic carbocycles. The van der Waals surface area contributed by atoms with E-state index in [1.165, 1.54) is 11.8 Å². The number of pyridine rings is 2. The van der Waals surface area contributed by atoms with Gasteiger partial charge in [0.15, 0.2) is 0 Å². The Labute approximate surface area is 199 Å². The van der Waals surface area contributed by atoms with E-state index in [1.54, 1.807) is 23.2 Å². The molecule has 34 heavy (non-hydrogen) atoms. The Kier molecular flexibility index (Phi) is 5.26. The molecule has 3 aromatic rings. The van der Waals surface area contributed by atoms with Gasteiger partial charge in [0, 0.05) is 29.4 Å².